The van der Waals surface area contributed by atoms with E-state index < -0.39 is 0 Å². The number of nitrogens with two attached hydrogens (primary N) is 1. The molecule has 1 heterocycles. The second-order valence-electron chi connectivity index (χ2n) is 3.69. The number of phenolic OH excluding ortho intramolecular Hbond substituents is 1. The topological polar surface area (TPSA) is 62.0 Å². The second-order valence-corrected chi connectivity index (χ2v) is 3.69. The van der Waals surface area contributed by atoms with Crippen molar-refractivity contribution in [2.24, 2.45) is 5.73 Å². The van der Waals surface area contributed by atoms with Gasteiger partial charge in [-0.05, 0) is 36.9 Å². The molecule has 0 aliphatic carbocycles. The Balaban J connectivity index is 2.58. The minimum atomic E-state index is 0.0507. The second kappa shape index (κ2) is 3.35. The predicted molar refractivity (Wildman–Crippen MR) is 57.3 cm³/mol. The summed E-state index contributed by atoms with van der Waals surface area (Å²) < 4.78 is 0. The van der Waals surface area contributed by atoms with Crippen LogP contribution in [0.25, 0.3) is 10.9 Å². The third kappa shape index (κ3) is 1.46. The predicted octanol–water partition coefficient (Wildman–Crippen LogP) is 1.76. The van der Waals surface area contributed by atoms with Crippen molar-refractivity contribution in [2.45, 2.75) is 19.4 Å². The normalized spacial score (nSPS) is 13.3. The molecule has 0 saturated carbocycles. The Morgan fingerprint density at radius 3 is 2.93 bits per heavy atom. The fourth-order valence-electron chi connectivity index (χ4n) is 1.71. The van der Waals surface area contributed by atoms with Crippen LogP contribution in [-0.4, -0.2) is 16.1 Å². The van der Waals surface area contributed by atoms with Gasteiger partial charge in [0.25, 0.3) is 0 Å². The molecular formula is C11H14N2O. The molecule has 2 aromatic rings. The molecule has 1 aromatic carbocycles. The molecule has 0 radical (unpaired) electrons. The van der Waals surface area contributed by atoms with Gasteiger partial charge in [0.2, 0.25) is 0 Å². The minimum Gasteiger partial charge on any atom is -0.508 e. The summed E-state index contributed by atoms with van der Waals surface area (Å²) in [4.78, 5) is 3.12. The van der Waals surface area contributed by atoms with Gasteiger partial charge in [0.05, 0.1) is 5.52 Å². The lowest BCUT2D eigenvalue weighted by Crippen LogP contribution is -2.18. The van der Waals surface area contributed by atoms with Crippen molar-refractivity contribution in [1.29, 1.82) is 0 Å². The molecule has 4 N–H and O–H groups in total. The van der Waals surface area contributed by atoms with E-state index in [4.69, 9.17) is 5.73 Å². The number of nitrogens with one attached hydrogen (secondary N) is 1. The van der Waals surface area contributed by atoms with Crippen LogP contribution in [-0.2, 0) is 6.42 Å². The largest absolute Gasteiger partial charge is 0.508 e. The fraction of sp³-hybridized carbons (Fsp3) is 0.273. The highest BCUT2D eigenvalue weighted by atomic mass is 16.3. The number of phenols is 1. The van der Waals surface area contributed by atoms with Crippen molar-refractivity contribution in [2.75, 3.05) is 0 Å². The SMILES string of the molecule is CC(N)Cc1c(O)ccc2cc[nH]c12. The average Bonchev–Trinajstić information content (AvgIpc) is 2.57. The molecule has 0 saturated heterocycles. The van der Waals surface area contributed by atoms with E-state index in [-0.39, 0.29) is 6.04 Å². The number of fused-ring (bicyclic) bond motifs is 1. The van der Waals surface area contributed by atoms with Crippen molar-refractivity contribution < 1.29 is 5.11 Å². The molecule has 74 valence electrons. The van der Waals surface area contributed by atoms with Gasteiger partial charge < -0.3 is 15.8 Å². The molecule has 0 spiro atoms. The van der Waals surface area contributed by atoms with Crippen LogP contribution in [0.3, 0.4) is 0 Å². The van der Waals surface area contributed by atoms with Crippen LogP contribution in [0, 0.1) is 0 Å². The summed E-state index contributed by atoms with van der Waals surface area (Å²) in [5.41, 5.74) is 7.62. The van der Waals surface area contributed by atoms with Crippen LogP contribution >= 0.6 is 0 Å². The van der Waals surface area contributed by atoms with Gasteiger partial charge in [-0.25, -0.2) is 0 Å². The number of hydrogen-bond acceptors (Lipinski definition) is 2. The number of aromatic hydroxyl groups is 1. The molecule has 0 amide bonds. The summed E-state index contributed by atoms with van der Waals surface area (Å²) in [6.45, 7) is 1.93. The van der Waals surface area contributed by atoms with E-state index in [1.165, 1.54) is 0 Å². The lowest BCUT2D eigenvalue weighted by atomic mass is 10.0. The van der Waals surface area contributed by atoms with Crippen LogP contribution in [0.5, 0.6) is 5.75 Å². The lowest BCUT2D eigenvalue weighted by molar-refractivity contribution is 0.467. The van der Waals surface area contributed by atoms with Gasteiger partial charge in [-0.3, -0.25) is 0 Å². The van der Waals surface area contributed by atoms with Crippen LogP contribution in [0.1, 0.15) is 12.5 Å². The quantitative estimate of drug-likeness (QED) is 0.675. The van der Waals surface area contributed by atoms with E-state index in [1.54, 1.807) is 6.07 Å². The number of rotatable bonds is 2. The Bertz CT molecular complexity index is 445. The van der Waals surface area contributed by atoms with Crippen LogP contribution in [0.4, 0.5) is 0 Å². The Morgan fingerprint density at radius 1 is 1.43 bits per heavy atom. The number of hydrogen-bond donors (Lipinski definition) is 3. The molecule has 0 fully saturated rings. The lowest BCUT2D eigenvalue weighted by Gasteiger charge is -2.08. The Hall–Kier alpha value is -1.48. The van der Waals surface area contributed by atoms with Crippen LogP contribution in [0.15, 0.2) is 24.4 Å². The van der Waals surface area contributed by atoms with Crippen LogP contribution < -0.4 is 5.73 Å². The van der Waals surface area contributed by atoms with Crippen molar-refractivity contribution in [3.05, 3.63) is 30.0 Å². The third-order valence-corrected chi connectivity index (χ3v) is 2.34. The van der Waals surface area contributed by atoms with Gasteiger partial charge in [-0.2, -0.15) is 0 Å². The van der Waals surface area contributed by atoms with Gasteiger partial charge in [-0.1, -0.05) is 0 Å². The summed E-state index contributed by atoms with van der Waals surface area (Å²) in [6.07, 6.45) is 2.55. The number of H-pyrrole nitrogens is 1. The molecule has 0 aliphatic rings. The zero-order valence-corrected chi connectivity index (χ0v) is 8.12. The van der Waals surface area contributed by atoms with Crippen molar-refractivity contribution in [3.63, 3.8) is 0 Å². The highest BCUT2D eigenvalue weighted by Crippen LogP contribution is 2.26. The van der Waals surface area contributed by atoms with E-state index in [0.29, 0.717) is 12.2 Å². The first kappa shape index (κ1) is 9.09. The maximum atomic E-state index is 9.70. The molecule has 1 aromatic heterocycles. The van der Waals surface area contributed by atoms with Gasteiger partial charge in [0.15, 0.2) is 0 Å². The van der Waals surface area contributed by atoms with E-state index in [0.717, 1.165) is 16.5 Å². The highest BCUT2D eigenvalue weighted by molar-refractivity contribution is 5.84. The fourth-order valence-corrected chi connectivity index (χ4v) is 1.71. The number of benzene rings is 1. The smallest absolute Gasteiger partial charge is 0.120 e. The molecule has 14 heavy (non-hydrogen) atoms. The zero-order chi connectivity index (χ0) is 10.1. The monoisotopic (exact) mass is 190 g/mol. The number of aromatic amines is 1. The minimum absolute atomic E-state index is 0.0507. The molecule has 1 atom stereocenters. The summed E-state index contributed by atoms with van der Waals surface area (Å²) in [5, 5.41) is 10.8. The maximum absolute atomic E-state index is 9.70. The summed E-state index contributed by atoms with van der Waals surface area (Å²) in [6, 6.07) is 5.65. The van der Waals surface area contributed by atoms with Gasteiger partial charge in [-0.15, -0.1) is 0 Å². The average molecular weight is 190 g/mol. The first-order valence-corrected chi connectivity index (χ1v) is 4.72. The third-order valence-electron chi connectivity index (χ3n) is 2.34. The molecule has 0 aliphatic heterocycles. The standard InChI is InChI=1S/C11H14N2O/c1-7(12)6-9-10(14)3-2-8-4-5-13-11(8)9/h2-5,7,13-14H,6,12H2,1H3. The summed E-state index contributed by atoms with van der Waals surface area (Å²) >= 11 is 0. The molecule has 1 unspecified atom stereocenters. The zero-order valence-electron chi connectivity index (χ0n) is 8.12. The van der Waals surface area contributed by atoms with Gasteiger partial charge >= 0.3 is 0 Å². The Labute approximate surface area is 82.6 Å². The van der Waals surface area contributed by atoms with E-state index >= 15 is 0 Å². The van der Waals surface area contributed by atoms with E-state index in [2.05, 4.69) is 4.98 Å². The summed E-state index contributed by atoms with van der Waals surface area (Å²) in [5.74, 6) is 0.317. The molecule has 0 bridgehead atoms. The van der Waals surface area contributed by atoms with E-state index in [9.17, 15) is 5.11 Å². The molecule has 3 heteroatoms. The van der Waals surface area contributed by atoms with Crippen LogP contribution in [0.2, 0.25) is 0 Å². The Kier molecular flexibility index (Phi) is 2.17. The highest BCUT2D eigenvalue weighted by Gasteiger charge is 2.09. The van der Waals surface area contributed by atoms with Crippen molar-refractivity contribution >= 4 is 10.9 Å². The van der Waals surface area contributed by atoms with Gasteiger partial charge in [0.1, 0.15) is 5.75 Å². The van der Waals surface area contributed by atoms with Crippen molar-refractivity contribution in [1.82, 2.24) is 4.98 Å². The molecule has 3 nitrogen and oxygen atoms in total. The first-order valence-electron chi connectivity index (χ1n) is 4.72. The van der Waals surface area contributed by atoms with Crippen molar-refractivity contribution in [3.8, 4) is 5.75 Å². The molecule has 2 rings (SSSR count). The first-order chi connectivity index (χ1) is 6.68. The van der Waals surface area contributed by atoms with Gasteiger partial charge in [0, 0.05) is 17.8 Å². The number of aromatic nitrogens is 1. The van der Waals surface area contributed by atoms with E-state index in [1.807, 2.05) is 25.3 Å². The maximum Gasteiger partial charge on any atom is 0.120 e. The molecular weight excluding hydrogens is 176 g/mol. The Morgan fingerprint density at radius 2 is 2.21 bits per heavy atom. The summed E-state index contributed by atoms with van der Waals surface area (Å²) in [7, 11) is 0.